The lowest BCUT2D eigenvalue weighted by Gasteiger charge is -2.28. The van der Waals surface area contributed by atoms with E-state index in [0.717, 1.165) is 74.9 Å². The van der Waals surface area contributed by atoms with Crippen molar-refractivity contribution in [2.75, 3.05) is 37.5 Å². The third-order valence-corrected chi connectivity index (χ3v) is 6.60. The maximum Gasteiger partial charge on any atom is 0.227 e. The number of anilines is 2. The quantitative estimate of drug-likeness (QED) is 0.704. The van der Waals surface area contributed by atoms with Crippen molar-refractivity contribution in [2.45, 2.75) is 64.0 Å². The Labute approximate surface area is 179 Å². The van der Waals surface area contributed by atoms with Gasteiger partial charge in [-0.25, -0.2) is 0 Å². The van der Waals surface area contributed by atoms with Crippen LogP contribution in [0.3, 0.4) is 0 Å². The van der Waals surface area contributed by atoms with E-state index in [1.807, 2.05) is 37.2 Å². The second kappa shape index (κ2) is 9.38. The molecule has 1 aromatic rings. The lowest BCUT2D eigenvalue weighted by molar-refractivity contribution is -0.134. The van der Waals surface area contributed by atoms with Crippen molar-refractivity contribution in [2.24, 2.45) is 11.8 Å². The summed E-state index contributed by atoms with van der Waals surface area (Å²) in [6.07, 6.45) is 8.49. The number of carbonyl (C=O) groups excluding carboxylic acids is 2. The first-order valence-corrected chi connectivity index (χ1v) is 11.5. The molecule has 6 nitrogen and oxygen atoms in total. The zero-order valence-electron chi connectivity index (χ0n) is 18.4. The van der Waals surface area contributed by atoms with Crippen LogP contribution in [0.2, 0.25) is 0 Å². The van der Waals surface area contributed by atoms with Gasteiger partial charge in [0.05, 0.1) is 6.10 Å². The Balaban J connectivity index is 1.52. The highest BCUT2D eigenvalue weighted by molar-refractivity contribution is 5.93. The fourth-order valence-corrected chi connectivity index (χ4v) is 4.72. The number of nitrogens with zero attached hydrogens (tertiary/aromatic N) is 2. The Bertz CT molecular complexity index is 763. The maximum atomic E-state index is 13.0. The van der Waals surface area contributed by atoms with Crippen molar-refractivity contribution >= 4 is 23.2 Å². The third-order valence-electron chi connectivity index (χ3n) is 6.60. The molecule has 3 aliphatic rings. The highest BCUT2D eigenvalue weighted by Gasteiger charge is 2.35. The molecule has 0 radical (unpaired) electrons. The Morgan fingerprint density at radius 1 is 1.03 bits per heavy atom. The zero-order valence-corrected chi connectivity index (χ0v) is 18.4. The average molecular weight is 414 g/mol. The van der Waals surface area contributed by atoms with Crippen LogP contribution in [0.4, 0.5) is 11.4 Å². The van der Waals surface area contributed by atoms with E-state index in [-0.39, 0.29) is 29.8 Å². The summed E-state index contributed by atoms with van der Waals surface area (Å²) < 4.78 is 5.82. The van der Waals surface area contributed by atoms with E-state index in [1.54, 1.807) is 0 Å². The van der Waals surface area contributed by atoms with Gasteiger partial charge >= 0.3 is 0 Å². The Hall–Kier alpha value is -2.08. The van der Waals surface area contributed by atoms with Gasteiger partial charge in [-0.2, -0.15) is 0 Å². The van der Waals surface area contributed by atoms with E-state index in [1.165, 1.54) is 0 Å². The topological polar surface area (TPSA) is 61.9 Å². The van der Waals surface area contributed by atoms with E-state index < -0.39 is 0 Å². The number of hydrogen-bond acceptors (Lipinski definition) is 4. The smallest absolute Gasteiger partial charge is 0.227 e. The molecule has 164 valence electrons. The van der Waals surface area contributed by atoms with Gasteiger partial charge in [0.15, 0.2) is 0 Å². The molecule has 1 saturated heterocycles. The second-order valence-electron chi connectivity index (χ2n) is 9.34. The monoisotopic (exact) mass is 413 g/mol. The first-order chi connectivity index (χ1) is 14.5. The summed E-state index contributed by atoms with van der Waals surface area (Å²) in [6, 6.07) is 6.06. The molecular formula is C24H35N3O3. The van der Waals surface area contributed by atoms with Gasteiger partial charge in [0.25, 0.3) is 0 Å². The average Bonchev–Trinajstić information content (AvgIpc) is 3.18. The summed E-state index contributed by atoms with van der Waals surface area (Å²) in [7, 11) is 4.03. The van der Waals surface area contributed by atoms with Crippen molar-refractivity contribution in [3.05, 3.63) is 23.8 Å². The minimum Gasteiger partial charge on any atom is -0.377 e. The standard InChI is InChI=1S/C24H35N3O3/c1-26(2)22-12-11-20(25-23(28)17-6-3-4-7-17)14-19(22)15-27(24(29)18-9-10-18)16-21-8-5-13-30-21/h11-12,14,17-18,21H,3-10,13,15-16H2,1-2H3,(H,25,28)/t21-/m1/s1. The van der Waals surface area contributed by atoms with Crippen molar-refractivity contribution < 1.29 is 14.3 Å². The zero-order chi connectivity index (χ0) is 21.1. The van der Waals surface area contributed by atoms with Gasteiger partial charge in [0.1, 0.15) is 0 Å². The molecule has 1 aromatic carbocycles. The van der Waals surface area contributed by atoms with Crippen LogP contribution in [-0.2, 0) is 20.9 Å². The van der Waals surface area contributed by atoms with Gasteiger partial charge < -0.3 is 19.9 Å². The van der Waals surface area contributed by atoms with Gasteiger partial charge in [0.2, 0.25) is 11.8 Å². The van der Waals surface area contributed by atoms with Crippen LogP contribution in [0.5, 0.6) is 0 Å². The van der Waals surface area contributed by atoms with Crippen LogP contribution in [0.1, 0.15) is 56.9 Å². The largest absolute Gasteiger partial charge is 0.377 e. The van der Waals surface area contributed by atoms with Gasteiger partial charge in [-0.1, -0.05) is 12.8 Å². The lowest BCUT2D eigenvalue weighted by atomic mass is 10.1. The minimum absolute atomic E-state index is 0.126. The molecule has 1 aliphatic heterocycles. The van der Waals surface area contributed by atoms with Crippen LogP contribution in [-0.4, -0.2) is 50.1 Å². The summed E-state index contributed by atoms with van der Waals surface area (Å²) in [5, 5.41) is 3.12. The minimum atomic E-state index is 0.126. The van der Waals surface area contributed by atoms with Crippen LogP contribution < -0.4 is 10.2 Å². The fourth-order valence-electron chi connectivity index (χ4n) is 4.72. The fraction of sp³-hybridized carbons (Fsp3) is 0.667. The predicted molar refractivity (Wildman–Crippen MR) is 118 cm³/mol. The van der Waals surface area contributed by atoms with Crippen molar-refractivity contribution in [3.63, 3.8) is 0 Å². The van der Waals surface area contributed by atoms with E-state index >= 15 is 0 Å². The normalized spacial score (nSPS) is 21.6. The molecule has 2 amide bonds. The molecule has 0 bridgehead atoms. The molecule has 0 aromatic heterocycles. The van der Waals surface area contributed by atoms with E-state index in [2.05, 4.69) is 10.2 Å². The molecule has 1 heterocycles. The first kappa shape index (κ1) is 21.2. The molecule has 0 unspecified atom stereocenters. The summed E-state index contributed by atoms with van der Waals surface area (Å²) in [6.45, 7) is 2.00. The van der Waals surface area contributed by atoms with Crippen LogP contribution in [0.15, 0.2) is 18.2 Å². The molecular weight excluding hydrogens is 378 g/mol. The van der Waals surface area contributed by atoms with E-state index in [4.69, 9.17) is 4.74 Å². The molecule has 30 heavy (non-hydrogen) atoms. The van der Waals surface area contributed by atoms with Crippen molar-refractivity contribution in [1.82, 2.24) is 4.90 Å². The number of carbonyl (C=O) groups is 2. The van der Waals surface area contributed by atoms with Crippen molar-refractivity contribution in [1.29, 1.82) is 0 Å². The highest BCUT2D eigenvalue weighted by atomic mass is 16.5. The first-order valence-electron chi connectivity index (χ1n) is 11.5. The summed E-state index contributed by atoms with van der Waals surface area (Å²) in [4.78, 5) is 29.7. The predicted octanol–water partition coefficient (Wildman–Crippen LogP) is 3.80. The lowest BCUT2D eigenvalue weighted by Crippen LogP contribution is -2.38. The van der Waals surface area contributed by atoms with E-state index in [9.17, 15) is 9.59 Å². The maximum absolute atomic E-state index is 13.0. The molecule has 3 fully saturated rings. The molecule has 6 heteroatoms. The summed E-state index contributed by atoms with van der Waals surface area (Å²) >= 11 is 0. The van der Waals surface area contributed by atoms with Gasteiger partial charge in [-0.3, -0.25) is 9.59 Å². The number of nitrogens with one attached hydrogen (secondary N) is 1. The Kier molecular flexibility index (Phi) is 6.61. The number of benzene rings is 1. The van der Waals surface area contributed by atoms with E-state index in [0.29, 0.717) is 13.1 Å². The van der Waals surface area contributed by atoms with Gasteiger partial charge in [-0.05, 0) is 62.3 Å². The Morgan fingerprint density at radius 3 is 2.43 bits per heavy atom. The number of rotatable bonds is 8. The highest BCUT2D eigenvalue weighted by Crippen LogP contribution is 2.33. The van der Waals surface area contributed by atoms with Crippen LogP contribution in [0.25, 0.3) is 0 Å². The molecule has 2 saturated carbocycles. The summed E-state index contributed by atoms with van der Waals surface area (Å²) in [5.41, 5.74) is 2.97. The molecule has 2 aliphatic carbocycles. The molecule has 1 atom stereocenters. The van der Waals surface area contributed by atoms with Gasteiger partial charge in [-0.15, -0.1) is 0 Å². The Morgan fingerprint density at radius 2 is 1.80 bits per heavy atom. The second-order valence-corrected chi connectivity index (χ2v) is 9.34. The SMILES string of the molecule is CN(C)c1ccc(NC(=O)C2CCCC2)cc1CN(C[C@H]1CCCO1)C(=O)C1CC1. The number of ether oxygens (including phenoxy) is 1. The number of hydrogen-bond donors (Lipinski definition) is 1. The molecule has 4 rings (SSSR count). The third kappa shape index (κ3) is 5.15. The van der Waals surface area contributed by atoms with Crippen LogP contribution in [0, 0.1) is 11.8 Å². The molecule has 1 N–H and O–H groups in total. The molecule has 0 spiro atoms. The van der Waals surface area contributed by atoms with Crippen molar-refractivity contribution in [3.8, 4) is 0 Å². The summed E-state index contributed by atoms with van der Waals surface area (Å²) in [5.74, 6) is 0.686. The number of amides is 2. The van der Waals surface area contributed by atoms with Gasteiger partial charge in [0, 0.05) is 57.0 Å². The van der Waals surface area contributed by atoms with Crippen LogP contribution >= 0.6 is 0 Å².